The number of nitrogens with zero attached hydrogens (tertiary/aromatic N) is 1. The first-order chi connectivity index (χ1) is 8.13. The van der Waals surface area contributed by atoms with Crippen LogP contribution in [-0.2, 0) is 14.3 Å². The standard InChI is InChI=1S/C11H17NO5/c1-2-4-17-11(15)12-3-5-16-8-9(7-12)6-10(13)14/h2,9H,1,3-8H2,(H,13,14). The van der Waals surface area contributed by atoms with Crippen LogP contribution in [0.25, 0.3) is 0 Å². The van der Waals surface area contributed by atoms with E-state index in [2.05, 4.69) is 6.58 Å². The van der Waals surface area contributed by atoms with E-state index in [9.17, 15) is 9.59 Å². The van der Waals surface area contributed by atoms with E-state index in [0.717, 1.165) is 0 Å². The third-order valence-electron chi connectivity index (χ3n) is 2.38. The molecule has 1 rings (SSSR count). The van der Waals surface area contributed by atoms with E-state index in [0.29, 0.717) is 26.3 Å². The lowest BCUT2D eigenvalue weighted by molar-refractivity contribution is -0.138. The summed E-state index contributed by atoms with van der Waals surface area (Å²) in [6.45, 7) is 5.14. The monoisotopic (exact) mass is 243 g/mol. The molecule has 0 saturated carbocycles. The number of hydrogen-bond donors (Lipinski definition) is 1. The molecule has 0 aliphatic carbocycles. The first-order valence-electron chi connectivity index (χ1n) is 5.45. The summed E-state index contributed by atoms with van der Waals surface area (Å²) in [7, 11) is 0. The maximum Gasteiger partial charge on any atom is 0.410 e. The van der Waals surface area contributed by atoms with Crippen LogP contribution in [0.4, 0.5) is 4.79 Å². The van der Waals surface area contributed by atoms with Gasteiger partial charge in [0.05, 0.1) is 19.6 Å². The lowest BCUT2D eigenvalue weighted by Gasteiger charge is -2.21. The third-order valence-corrected chi connectivity index (χ3v) is 2.38. The Hall–Kier alpha value is -1.56. The van der Waals surface area contributed by atoms with Crippen LogP contribution < -0.4 is 0 Å². The number of carboxylic acid groups (broad SMARTS) is 1. The minimum absolute atomic E-state index is 0.00869. The van der Waals surface area contributed by atoms with Crippen molar-refractivity contribution in [2.75, 3.05) is 32.9 Å². The zero-order chi connectivity index (χ0) is 12.7. The smallest absolute Gasteiger partial charge is 0.410 e. The molecule has 1 amide bonds. The molecule has 0 aromatic heterocycles. The van der Waals surface area contributed by atoms with Crippen LogP contribution in [0.15, 0.2) is 12.7 Å². The Morgan fingerprint density at radius 2 is 2.35 bits per heavy atom. The van der Waals surface area contributed by atoms with Crippen LogP contribution in [-0.4, -0.2) is 55.0 Å². The van der Waals surface area contributed by atoms with E-state index < -0.39 is 12.1 Å². The lowest BCUT2D eigenvalue weighted by atomic mass is 10.1. The van der Waals surface area contributed by atoms with Gasteiger partial charge >= 0.3 is 12.1 Å². The number of ether oxygens (including phenoxy) is 2. The number of carbonyl (C=O) groups excluding carboxylic acids is 1. The molecular formula is C11H17NO5. The first kappa shape index (κ1) is 13.5. The Labute approximate surface area is 99.8 Å². The van der Waals surface area contributed by atoms with Crippen molar-refractivity contribution in [2.45, 2.75) is 6.42 Å². The highest BCUT2D eigenvalue weighted by atomic mass is 16.6. The van der Waals surface area contributed by atoms with Crippen LogP contribution in [0.2, 0.25) is 0 Å². The van der Waals surface area contributed by atoms with Crippen LogP contribution >= 0.6 is 0 Å². The number of carboxylic acids is 1. The van der Waals surface area contributed by atoms with E-state index >= 15 is 0 Å². The summed E-state index contributed by atoms with van der Waals surface area (Å²) in [5.74, 6) is -1.08. The summed E-state index contributed by atoms with van der Waals surface area (Å²) in [5.41, 5.74) is 0. The van der Waals surface area contributed by atoms with Gasteiger partial charge in [0, 0.05) is 19.0 Å². The Morgan fingerprint density at radius 1 is 1.59 bits per heavy atom. The van der Waals surface area contributed by atoms with Gasteiger partial charge in [-0.3, -0.25) is 4.79 Å². The molecule has 6 nitrogen and oxygen atoms in total. The Morgan fingerprint density at radius 3 is 3.00 bits per heavy atom. The zero-order valence-corrected chi connectivity index (χ0v) is 9.63. The Kier molecular flexibility index (Phi) is 5.48. The fraction of sp³-hybridized carbons (Fsp3) is 0.636. The molecule has 0 spiro atoms. The maximum atomic E-state index is 11.6. The summed E-state index contributed by atoms with van der Waals surface area (Å²) in [6.07, 6.45) is 1.03. The van der Waals surface area contributed by atoms with Gasteiger partial charge in [-0.05, 0) is 0 Å². The van der Waals surface area contributed by atoms with Crippen molar-refractivity contribution in [3.05, 3.63) is 12.7 Å². The van der Waals surface area contributed by atoms with Gasteiger partial charge in [-0.25, -0.2) is 4.79 Å². The average molecular weight is 243 g/mol. The third kappa shape index (κ3) is 4.86. The number of carbonyl (C=O) groups is 2. The predicted molar refractivity (Wildman–Crippen MR) is 59.7 cm³/mol. The molecule has 1 atom stereocenters. The van der Waals surface area contributed by atoms with E-state index in [1.54, 1.807) is 0 Å². The molecule has 1 fully saturated rings. The zero-order valence-electron chi connectivity index (χ0n) is 9.63. The molecular weight excluding hydrogens is 226 g/mol. The fourth-order valence-electron chi connectivity index (χ4n) is 1.64. The normalized spacial score (nSPS) is 20.5. The molecule has 1 saturated heterocycles. The highest BCUT2D eigenvalue weighted by molar-refractivity contribution is 5.69. The summed E-state index contributed by atoms with van der Waals surface area (Å²) in [4.78, 5) is 23.7. The van der Waals surface area contributed by atoms with Gasteiger partial charge in [0.2, 0.25) is 0 Å². The molecule has 0 radical (unpaired) electrons. The highest BCUT2D eigenvalue weighted by Crippen LogP contribution is 2.12. The van der Waals surface area contributed by atoms with Gasteiger partial charge in [0.15, 0.2) is 0 Å². The van der Waals surface area contributed by atoms with Crippen LogP contribution in [0.3, 0.4) is 0 Å². The summed E-state index contributed by atoms with van der Waals surface area (Å²) in [6, 6.07) is 0. The first-order valence-corrected chi connectivity index (χ1v) is 5.45. The van der Waals surface area contributed by atoms with E-state index in [-0.39, 0.29) is 18.9 Å². The van der Waals surface area contributed by atoms with Crippen molar-refractivity contribution in [1.29, 1.82) is 0 Å². The summed E-state index contributed by atoms with van der Waals surface area (Å²) < 4.78 is 10.2. The number of aliphatic carboxylic acids is 1. The summed E-state index contributed by atoms with van der Waals surface area (Å²) in [5, 5.41) is 8.72. The molecule has 1 N–H and O–H groups in total. The van der Waals surface area contributed by atoms with Gasteiger partial charge in [-0.15, -0.1) is 0 Å². The Bertz CT molecular complexity index is 292. The number of hydrogen-bond acceptors (Lipinski definition) is 4. The largest absolute Gasteiger partial charge is 0.481 e. The maximum absolute atomic E-state index is 11.6. The summed E-state index contributed by atoms with van der Waals surface area (Å²) >= 11 is 0. The minimum Gasteiger partial charge on any atom is -0.481 e. The molecule has 0 aromatic rings. The van der Waals surface area contributed by atoms with Crippen molar-refractivity contribution < 1.29 is 24.2 Å². The number of rotatable bonds is 4. The van der Waals surface area contributed by atoms with Gasteiger partial charge in [0.1, 0.15) is 6.61 Å². The fourth-order valence-corrected chi connectivity index (χ4v) is 1.64. The SMILES string of the molecule is C=CCOC(=O)N1CCOCC(CC(=O)O)C1. The molecule has 1 unspecified atom stereocenters. The quantitative estimate of drug-likeness (QED) is 0.737. The second-order valence-corrected chi connectivity index (χ2v) is 3.85. The van der Waals surface area contributed by atoms with E-state index in [1.807, 2.05) is 0 Å². The topological polar surface area (TPSA) is 76.1 Å². The van der Waals surface area contributed by atoms with Gasteiger partial charge < -0.3 is 19.5 Å². The van der Waals surface area contributed by atoms with Gasteiger partial charge in [0.25, 0.3) is 0 Å². The molecule has 0 aromatic carbocycles. The molecule has 0 bridgehead atoms. The molecule has 6 heteroatoms. The van der Waals surface area contributed by atoms with Crippen molar-refractivity contribution in [2.24, 2.45) is 5.92 Å². The van der Waals surface area contributed by atoms with E-state index in [4.69, 9.17) is 14.6 Å². The number of amides is 1. The van der Waals surface area contributed by atoms with Crippen LogP contribution in [0.1, 0.15) is 6.42 Å². The predicted octanol–water partition coefficient (Wildman–Crippen LogP) is 0.732. The van der Waals surface area contributed by atoms with E-state index in [1.165, 1.54) is 11.0 Å². The lowest BCUT2D eigenvalue weighted by Crippen LogP contribution is -2.36. The van der Waals surface area contributed by atoms with Crippen molar-refractivity contribution in [3.63, 3.8) is 0 Å². The minimum atomic E-state index is -0.889. The molecule has 96 valence electrons. The second-order valence-electron chi connectivity index (χ2n) is 3.85. The van der Waals surface area contributed by atoms with Crippen molar-refractivity contribution in [3.8, 4) is 0 Å². The van der Waals surface area contributed by atoms with Crippen molar-refractivity contribution >= 4 is 12.1 Å². The van der Waals surface area contributed by atoms with Crippen LogP contribution in [0.5, 0.6) is 0 Å². The Balaban J connectivity index is 2.49. The van der Waals surface area contributed by atoms with Crippen molar-refractivity contribution in [1.82, 2.24) is 4.90 Å². The van der Waals surface area contributed by atoms with Gasteiger partial charge in [-0.2, -0.15) is 0 Å². The second kappa shape index (κ2) is 6.90. The molecule has 1 heterocycles. The molecule has 1 aliphatic rings. The average Bonchev–Trinajstić information content (AvgIpc) is 2.50. The highest BCUT2D eigenvalue weighted by Gasteiger charge is 2.24. The molecule has 17 heavy (non-hydrogen) atoms. The van der Waals surface area contributed by atoms with Crippen LogP contribution in [0, 0.1) is 5.92 Å². The van der Waals surface area contributed by atoms with Gasteiger partial charge in [-0.1, -0.05) is 12.7 Å². The molecule has 1 aliphatic heterocycles.